The first-order valence-electron chi connectivity index (χ1n) is 11.3. The molecular formula is C27H24N6O2. The molecular weight excluding hydrogens is 440 g/mol. The standard InChI is InChI=1S/C27H24N6O2/c1-31-25(22(12-28)16-6-9-19-20(10-16)24(14-30)32-33-27(19)34)21-11-15-4-2-3-5-18(15)26(23(21)13-29)35-17-7-8-17/h2-6,9-12,17H,7-8,14,28,30H2,1H3,(H,33,34). The lowest BCUT2D eigenvalue weighted by atomic mass is 9.90. The van der Waals surface area contributed by atoms with Crippen LogP contribution in [0.4, 0.5) is 0 Å². The first kappa shape index (κ1) is 22.3. The van der Waals surface area contributed by atoms with Crippen molar-refractivity contribution in [2.24, 2.45) is 16.5 Å². The highest BCUT2D eigenvalue weighted by Crippen LogP contribution is 2.38. The van der Waals surface area contributed by atoms with Gasteiger partial charge in [0.15, 0.2) is 0 Å². The summed E-state index contributed by atoms with van der Waals surface area (Å²) in [6.07, 6.45) is 3.52. The van der Waals surface area contributed by atoms with Crippen molar-refractivity contribution in [3.05, 3.63) is 87.5 Å². The van der Waals surface area contributed by atoms with Crippen molar-refractivity contribution in [3.63, 3.8) is 0 Å². The number of nitrogens with one attached hydrogen (secondary N) is 1. The molecule has 8 heteroatoms. The van der Waals surface area contributed by atoms with E-state index in [0.29, 0.717) is 44.6 Å². The number of benzene rings is 3. The average molecular weight is 465 g/mol. The smallest absolute Gasteiger partial charge is 0.272 e. The third kappa shape index (κ3) is 3.92. The molecule has 1 aromatic heterocycles. The molecule has 1 aliphatic rings. The molecule has 174 valence electrons. The Labute approximate surface area is 201 Å². The van der Waals surface area contributed by atoms with Gasteiger partial charge in [-0.3, -0.25) is 9.79 Å². The van der Waals surface area contributed by atoms with Gasteiger partial charge in [0.2, 0.25) is 0 Å². The van der Waals surface area contributed by atoms with Gasteiger partial charge in [-0.1, -0.05) is 30.3 Å². The summed E-state index contributed by atoms with van der Waals surface area (Å²) in [5.41, 5.74) is 15.2. The van der Waals surface area contributed by atoms with E-state index in [4.69, 9.17) is 16.2 Å². The Morgan fingerprint density at radius 3 is 2.71 bits per heavy atom. The van der Waals surface area contributed by atoms with Gasteiger partial charge >= 0.3 is 0 Å². The number of aliphatic imine (C=N–C) groups is 1. The maximum absolute atomic E-state index is 12.3. The van der Waals surface area contributed by atoms with Crippen molar-refractivity contribution < 1.29 is 4.74 Å². The molecule has 0 radical (unpaired) electrons. The number of aromatic amines is 1. The van der Waals surface area contributed by atoms with E-state index in [0.717, 1.165) is 29.2 Å². The number of hydrogen-bond acceptors (Lipinski definition) is 7. The van der Waals surface area contributed by atoms with Gasteiger partial charge < -0.3 is 16.2 Å². The maximum Gasteiger partial charge on any atom is 0.272 e. The minimum Gasteiger partial charge on any atom is -0.488 e. The highest BCUT2D eigenvalue weighted by atomic mass is 16.5. The summed E-state index contributed by atoms with van der Waals surface area (Å²) in [4.78, 5) is 16.8. The van der Waals surface area contributed by atoms with Crippen LogP contribution >= 0.6 is 0 Å². The van der Waals surface area contributed by atoms with Gasteiger partial charge in [0, 0.05) is 41.7 Å². The lowest BCUT2D eigenvalue weighted by molar-refractivity contribution is 0.306. The Balaban J connectivity index is 1.72. The molecule has 35 heavy (non-hydrogen) atoms. The van der Waals surface area contributed by atoms with E-state index in [9.17, 15) is 10.1 Å². The third-order valence-electron chi connectivity index (χ3n) is 6.19. The van der Waals surface area contributed by atoms with Gasteiger partial charge in [0.1, 0.15) is 17.4 Å². The quantitative estimate of drug-likeness (QED) is 0.373. The number of allylic oxidation sites excluding steroid dienone is 1. The topological polar surface area (TPSA) is 143 Å². The second kappa shape index (κ2) is 9.05. The molecule has 5 N–H and O–H groups in total. The number of hydrogen-bond donors (Lipinski definition) is 3. The van der Waals surface area contributed by atoms with Crippen molar-refractivity contribution in [2.75, 3.05) is 7.05 Å². The second-order valence-electron chi connectivity index (χ2n) is 8.39. The average Bonchev–Trinajstić information content (AvgIpc) is 3.71. The molecule has 1 saturated carbocycles. The number of rotatable bonds is 6. The van der Waals surface area contributed by atoms with E-state index < -0.39 is 0 Å². The summed E-state index contributed by atoms with van der Waals surface area (Å²) < 4.78 is 6.23. The summed E-state index contributed by atoms with van der Waals surface area (Å²) in [6.45, 7) is 0.165. The lowest BCUT2D eigenvalue weighted by Gasteiger charge is -2.18. The summed E-state index contributed by atoms with van der Waals surface area (Å²) in [6, 6.07) is 17.5. The Morgan fingerprint density at radius 2 is 2.03 bits per heavy atom. The number of aromatic nitrogens is 2. The van der Waals surface area contributed by atoms with E-state index in [1.807, 2.05) is 36.4 Å². The van der Waals surface area contributed by atoms with Crippen molar-refractivity contribution >= 4 is 32.8 Å². The van der Waals surface area contributed by atoms with Crippen LogP contribution in [-0.4, -0.2) is 29.1 Å². The van der Waals surface area contributed by atoms with Crippen LogP contribution in [0.1, 0.15) is 35.2 Å². The number of nitriles is 1. The van der Waals surface area contributed by atoms with E-state index in [1.54, 1.807) is 19.2 Å². The first-order chi connectivity index (χ1) is 17.1. The first-order valence-corrected chi connectivity index (χ1v) is 11.3. The fourth-order valence-electron chi connectivity index (χ4n) is 4.33. The molecule has 0 spiro atoms. The van der Waals surface area contributed by atoms with Crippen LogP contribution in [0.15, 0.2) is 64.5 Å². The second-order valence-corrected chi connectivity index (χ2v) is 8.39. The number of ether oxygens (including phenoxy) is 1. The molecule has 1 aliphatic carbocycles. The van der Waals surface area contributed by atoms with Crippen molar-refractivity contribution in [2.45, 2.75) is 25.5 Å². The van der Waals surface area contributed by atoms with Gasteiger partial charge in [0.05, 0.1) is 22.9 Å². The summed E-state index contributed by atoms with van der Waals surface area (Å²) in [7, 11) is 1.66. The monoisotopic (exact) mass is 464 g/mol. The predicted octanol–water partition coefficient (Wildman–Crippen LogP) is 3.37. The van der Waals surface area contributed by atoms with Crippen LogP contribution in [0.3, 0.4) is 0 Å². The summed E-state index contributed by atoms with van der Waals surface area (Å²) >= 11 is 0. The van der Waals surface area contributed by atoms with Gasteiger partial charge in [0.25, 0.3) is 5.56 Å². The molecule has 4 aromatic rings. The zero-order chi connectivity index (χ0) is 24.5. The minimum absolute atomic E-state index is 0.119. The molecule has 0 bridgehead atoms. The molecule has 0 saturated heterocycles. The molecule has 8 nitrogen and oxygen atoms in total. The van der Waals surface area contributed by atoms with E-state index in [1.165, 1.54) is 6.20 Å². The highest BCUT2D eigenvalue weighted by Gasteiger charge is 2.28. The van der Waals surface area contributed by atoms with Crippen LogP contribution in [0.25, 0.3) is 27.1 Å². The zero-order valence-corrected chi connectivity index (χ0v) is 19.2. The molecule has 0 amide bonds. The summed E-state index contributed by atoms with van der Waals surface area (Å²) in [5, 5.41) is 19.7. The third-order valence-corrected chi connectivity index (χ3v) is 6.19. The normalized spacial score (nSPS) is 14.3. The Bertz CT molecular complexity index is 1620. The van der Waals surface area contributed by atoms with Crippen LogP contribution in [0.5, 0.6) is 5.75 Å². The number of fused-ring (bicyclic) bond motifs is 2. The lowest BCUT2D eigenvalue weighted by Crippen LogP contribution is -2.14. The van der Waals surface area contributed by atoms with Crippen LogP contribution in [0, 0.1) is 11.3 Å². The number of H-pyrrole nitrogens is 1. The fourth-order valence-corrected chi connectivity index (χ4v) is 4.33. The van der Waals surface area contributed by atoms with Crippen molar-refractivity contribution in [3.8, 4) is 11.8 Å². The molecule has 0 aliphatic heterocycles. The zero-order valence-electron chi connectivity index (χ0n) is 19.2. The Kier molecular flexibility index (Phi) is 5.77. The van der Waals surface area contributed by atoms with Crippen molar-refractivity contribution in [1.29, 1.82) is 5.26 Å². The number of nitrogens with two attached hydrogens (primary N) is 2. The predicted molar refractivity (Wildman–Crippen MR) is 137 cm³/mol. The van der Waals surface area contributed by atoms with Gasteiger partial charge in [-0.25, -0.2) is 5.10 Å². The minimum atomic E-state index is -0.297. The number of nitrogens with zero attached hydrogens (tertiary/aromatic N) is 3. The van der Waals surface area contributed by atoms with Crippen molar-refractivity contribution in [1.82, 2.24) is 10.2 Å². The van der Waals surface area contributed by atoms with E-state index in [2.05, 4.69) is 21.3 Å². The van der Waals surface area contributed by atoms with Gasteiger partial charge in [-0.15, -0.1) is 0 Å². The van der Waals surface area contributed by atoms with Crippen LogP contribution in [-0.2, 0) is 6.54 Å². The Hall–Kier alpha value is -4.48. The van der Waals surface area contributed by atoms with Crippen LogP contribution in [0.2, 0.25) is 0 Å². The molecule has 5 rings (SSSR count). The molecule has 3 aromatic carbocycles. The maximum atomic E-state index is 12.3. The van der Waals surface area contributed by atoms with Gasteiger partial charge in [-0.05, 0) is 42.0 Å². The fraction of sp³-hybridized carbons (Fsp3) is 0.185. The molecule has 1 fully saturated rings. The largest absolute Gasteiger partial charge is 0.488 e. The van der Waals surface area contributed by atoms with E-state index >= 15 is 0 Å². The molecule has 0 unspecified atom stereocenters. The van der Waals surface area contributed by atoms with E-state index in [-0.39, 0.29) is 18.2 Å². The summed E-state index contributed by atoms with van der Waals surface area (Å²) in [5.74, 6) is 0.570. The molecule has 1 heterocycles. The molecule has 0 atom stereocenters. The van der Waals surface area contributed by atoms with Gasteiger partial charge in [-0.2, -0.15) is 10.4 Å². The SMILES string of the molecule is CN=C(C(=CN)c1ccc2c(=O)[nH]nc(CN)c2c1)c1cc2ccccc2c(OC2CC2)c1C#N. The Morgan fingerprint density at radius 1 is 1.23 bits per heavy atom. The highest BCUT2D eigenvalue weighted by molar-refractivity contribution is 6.33. The van der Waals surface area contributed by atoms with Crippen LogP contribution < -0.4 is 21.8 Å².